The van der Waals surface area contributed by atoms with Crippen LogP contribution >= 0.6 is 0 Å². The Bertz CT molecular complexity index is 74.6. The number of hydrogen-bond acceptors (Lipinski definition) is 1. The van der Waals surface area contributed by atoms with Crippen LogP contribution in [0.25, 0.3) is 4.85 Å². The van der Waals surface area contributed by atoms with Gasteiger partial charge in [0.2, 0.25) is 0 Å². The molecule has 0 radical (unpaired) electrons. The molecule has 0 amide bonds. The third-order valence-corrected chi connectivity index (χ3v) is 0.801. The van der Waals surface area contributed by atoms with Gasteiger partial charge in [-0.1, -0.05) is 4.85 Å². The van der Waals surface area contributed by atoms with Crippen molar-refractivity contribution in [2.75, 3.05) is 6.61 Å². The van der Waals surface area contributed by atoms with Crippen molar-refractivity contribution in [3.8, 4) is 6.57 Å². The lowest BCUT2D eigenvalue weighted by molar-refractivity contribution is 0.284. The molecule has 0 aliphatic heterocycles. The van der Waals surface area contributed by atoms with Crippen LogP contribution in [-0.2, 0) is 0 Å². The minimum atomic E-state index is 0.102. The number of aliphatic hydroxyl groups excluding tert-OH is 1. The van der Waals surface area contributed by atoms with Gasteiger partial charge in [0.1, 0.15) is 0 Å². The molecular formula is C5H10NO+. The van der Waals surface area contributed by atoms with E-state index in [1.807, 2.05) is 6.92 Å². The zero-order valence-corrected chi connectivity index (χ0v) is 4.46. The van der Waals surface area contributed by atoms with Gasteiger partial charge in [0.05, 0.1) is 13.0 Å². The van der Waals surface area contributed by atoms with Crippen molar-refractivity contribution in [1.82, 2.24) is 0 Å². The van der Waals surface area contributed by atoms with Crippen LogP contribution in [0.2, 0.25) is 0 Å². The average molecular weight is 100 g/mol. The molecule has 1 atom stereocenters. The van der Waals surface area contributed by atoms with Gasteiger partial charge in [-0.15, -0.1) is 0 Å². The Labute approximate surface area is 43.6 Å². The van der Waals surface area contributed by atoms with Gasteiger partial charge in [0.15, 0.2) is 0 Å². The predicted molar refractivity (Wildman–Crippen MR) is 29.5 cm³/mol. The molecule has 0 saturated carbocycles. The summed E-state index contributed by atoms with van der Waals surface area (Å²) in [4.78, 5) is 3.42. The summed E-state index contributed by atoms with van der Waals surface area (Å²) in [6, 6.07) is 0.102. The molecule has 0 fully saturated rings. The molecule has 2 heteroatoms. The lowest BCUT2D eigenvalue weighted by atomic mass is 10.3. The van der Waals surface area contributed by atoms with Crippen molar-refractivity contribution in [2.45, 2.75) is 19.4 Å². The number of rotatable bonds is 2. The minimum absolute atomic E-state index is 0.102. The molecule has 0 saturated heterocycles. The van der Waals surface area contributed by atoms with Gasteiger partial charge in [0, 0.05) is 6.92 Å². The molecule has 0 heterocycles. The van der Waals surface area contributed by atoms with E-state index < -0.39 is 0 Å². The highest BCUT2D eigenvalue weighted by Gasteiger charge is 2.03. The number of nitrogens with zero attached hydrogens (tertiary/aromatic N) is 1. The molecule has 0 aliphatic rings. The first-order valence-corrected chi connectivity index (χ1v) is 2.32. The summed E-state index contributed by atoms with van der Waals surface area (Å²) in [5, 5.41) is 8.25. The molecule has 0 rings (SSSR count). The molecule has 0 bridgehead atoms. The highest BCUT2D eigenvalue weighted by molar-refractivity contribution is 4.76. The molecule has 2 nitrogen and oxygen atoms in total. The van der Waals surface area contributed by atoms with Crippen molar-refractivity contribution in [3.63, 3.8) is 0 Å². The van der Waals surface area contributed by atoms with Crippen molar-refractivity contribution in [1.29, 1.82) is 0 Å². The second kappa shape index (κ2) is 3.63. The van der Waals surface area contributed by atoms with E-state index in [-0.39, 0.29) is 12.6 Å². The van der Waals surface area contributed by atoms with E-state index in [9.17, 15) is 0 Å². The summed E-state index contributed by atoms with van der Waals surface area (Å²) in [5.41, 5.74) is 0. The molecule has 40 valence electrons. The molecule has 0 spiro atoms. The minimum Gasteiger partial charge on any atom is -0.396 e. The molecule has 0 aromatic carbocycles. The van der Waals surface area contributed by atoms with Gasteiger partial charge in [-0.05, 0) is 0 Å². The van der Waals surface area contributed by atoms with Crippen LogP contribution in [-0.4, -0.2) is 17.8 Å². The fourth-order valence-corrected chi connectivity index (χ4v) is 0.261. The van der Waals surface area contributed by atoms with E-state index in [0.717, 1.165) is 0 Å². The van der Waals surface area contributed by atoms with Gasteiger partial charge in [-0.3, -0.25) is 0 Å². The van der Waals surface area contributed by atoms with Gasteiger partial charge in [-0.25, -0.2) is 0 Å². The average Bonchev–Trinajstić information content (AvgIpc) is 1.68. The monoisotopic (exact) mass is 100 g/mol. The zero-order valence-electron chi connectivity index (χ0n) is 4.46. The maximum atomic E-state index is 8.25. The van der Waals surface area contributed by atoms with Crippen molar-refractivity contribution in [2.24, 2.45) is 0 Å². The largest absolute Gasteiger partial charge is 0.396 e. The summed E-state index contributed by atoms with van der Waals surface area (Å²) in [6.45, 7) is 6.90. The second-order valence-corrected chi connectivity index (χ2v) is 1.51. The second-order valence-electron chi connectivity index (χ2n) is 1.51. The SMILES string of the molecule is C#[N+][C@H](C)CCO. The van der Waals surface area contributed by atoms with Crippen LogP contribution in [0.4, 0.5) is 0 Å². The van der Waals surface area contributed by atoms with Crippen LogP contribution < -0.4 is 0 Å². The maximum Gasteiger partial charge on any atom is 0.271 e. The Balaban J connectivity index is 3.04. The molecule has 0 unspecified atom stereocenters. The normalized spacial score (nSPS) is 12.7. The van der Waals surface area contributed by atoms with E-state index >= 15 is 0 Å². The van der Waals surface area contributed by atoms with E-state index in [1.54, 1.807) is 0 Å². The summed E-state index contributed by atoms with van der Waals surface area (Å²) in [7, 11) is 0. The fraction of sp³-hybridized carbons (Fsp3) is 0.800. The van der Waals surface area contributed by atoms with Crippen LogP contribution in [0.3, 0.4) is 0 Å². The highest BCUT2D eigenvalue weighted by atomic mass is 16.3. The Hall–Kier alpha value is -0.550. The quantitative estimate of drug-likeness (QED) is 0.543. The molecule has 0 aliphatic carbocycles. The van der Waals surface area contributed by atoms with Gasteiger partial charge >= 0.3 is 0 Å². The molecule has 1 N–H and O–H groups in total. The van der Waals surface area contributed by atoms with Crippen LogP contribution in [0.1, 0.15) is 13.3 Å². The summed E-state index contributed by atoms with van der Waals surface area (Å²) in [6.07, 6.45) is 0.663. The maximum absolute atomic E-state index is 8.25. The topological polar surface area (TPSA) is 24.6 Å². The standard InChI is InChI=1S/C5H10NO/c1-5(6-2)3-4-7/h2,5,7H,3-4H2,1H3/q+1/t5-/m1/s1. The summed E-state index contributed by atoms with van der Waals surface area (Å²) < 4.78 is 0. The lowest BCUT2D eigenvalue weighted by Crippen LogP contribution is -1.96. The fourth-order valence-electron chi connectivity index (χ4n) is 0.261. The number of hydrogen-bond donors (Lipinski definition) is 1. The van der Waals surface area contributed by atoms with E-state index in [2.05, 4.69) is 4.85 Å². The first-order chi connectivity index (χ1) is 3.31. The molecule has 7 heavy (non-hydrogen) atoms. The third-order valence-electron chi connectivity index (χ3n) is 0.801. The van der Waals surface area contributed by atoms with Gasteiger partial charge < -0.3 is 5.11 Å². The van der Waals surface area contributed by atoms with Crippen LogP contribution in [0.15, 0.2) is 0 Å². The van der Waals surface area contributed by atoms with E-state index in [1.165, 1.54) is 0 Å². The van der Waals surface area contributed by atoms with Crippen LogP contribution in [0.5, 0.6) is 0 Å². The Morgan fingerprint density at radius 2 is 2.43 bits per heavy atom. The predicted octanol–water partition coefficient (Wildman–Crippen LogP) is 0.720. The van der Waals surface area contributed by atoms with Crippen molar-refractivity contribution < 1.29 is 5.11 Å². The first-order valence-electron chi connectivity index (χ1n) is 2.32. The van der Waals surface area contributed by atoms with Crippen molar-refractivity contribution >= 4 is 0 Å². The Morgan fingerprint density at radius 3 is 2.57 bits per heavy atom. The summed E-state index contributed by atoms with van der Waals surface area (Å²) >= 11 is 0. The summed E-state index contributed by atoms with van der Waals surface area (Å²) in [5.74, 6) is 0. The lowest BCUT2D eigenvalue weighted by Gasteiger charge is -1.84. The molecule has 0 aromatic rings. The zero-order chi connectivity index (χ0) is 5.70. The third kappa shape index (κ3) is 3.28. The Morgan fingerprint density at radius 1 is 1.86 bits per heavy atom. The van der Waals surface area contributed by atoms with E-state index in [0.29, 0.717) is 6.42 Å². The molecule has 0 aromatic heterocycles. The molecular weight excluding hydrogens is 90.1 g/mol. The number of aliphatic hydroxyl groups is 1. The van der Waals surface area contributed by atoms with Crippen LogP contribution in [0, 0.1) is 6.57 Å². The Kier molecular flexibility index (Phi) is 3.35. The van der Waals surface area contributed by atoms with Gasteiger partial charge in [0.25, 0.3) is 12.6 Å². The smallest absolute Gasteiger partial charge is 0.271 e. The highest BCUT2D eigenvalue weighted by Crippen LogP contribution is 1.91. The first kappa shape index (κ1) is 6.45. The van der Waals surface area contributed by atoms with Crippen molar-refractivity contribution in [3.05, 3.63) is 4.85 Å². The van der Waals surface area contributed by atoms with Gasteiger partial charge in [-0.2, -0.15) is 0 Å². The van der Waals surface area contributed by atoms with E-state index in [4.69, 9.17) is 11.7 Å².